The van der Waals surface area contributed by atoms with Crippen molar-refractivity contribution >= 4 is 11.6 Å². The lowest BCUT2D eigenvalue weighted by atomic mass is 10.2. The monoisotopic (exact) mass is 257 g/mol. The van der Waals surface area contributed by atoms with Crippen LogP contribution in [0.2, 0.25) is 0 Å². The first-order valence-electron chi connectivity index (χ1n) is 5.64. The van der Waals surface area contributed by atoms with E-state index in [-0.39, 0.29) is 12.2 Å². The van der Waals surface area contributed by atoms with Crippen LogP contribution in [-0.4, -0.2) is 17.4 Å². The summed E-state index contributed by atoms with van der Waals surface area (Å²) in [6.07, 6.45) is 1.62. The second-order valence-corrected chi connectivity index (χ2v) is 3.74. The summed E-state index contributed by atoms with van der Waals surface area (Å²) in [5.41, 5.74) is 6.23. The Hall–Kier alpha value is -2.58. The Morgan fingerprint density at radius 2 is 2.26 bits per heavy atom. The van der Waals surface area contributed by atoms with E-state index in [0.717, 1.165) is 0 Å². The fourth-order valence-corrected chi connectivity index (χ4v) is 1.51. The van der Waals surface area contributed by atoms with Crippen molar-refractivity contribution in [2.45, 2.75) is 0 Å². The minimum Gasteiger partial charge on any atom is -0.357 e. The molecular weight excluding hydrogens is 245 g/mol. The van der Waals surface area contributed by atoms with E-state index < -0.39 is 11.7 Å². The highest BCUT2D eigenvalue weighted by molar-refractivity contribution is 6.03. The molecule has 1 aromatic carbocycles. The second kappa shape index (κ2) is 5.85. The van der Waals surface area contributed by atoms with Gasteiger partial charge in [-0.2, -0.15) is 0 Å². The highest BCUT2D eigenvalue weighted by Crippen LogP contribution is 2.16. The number of hydrogen-bond donors (Lipinski definition) is 3. The normalized spacial score (nSPS) is 9.58. The Bertz CT molecular complexity index is 638. The van der Waals surface area contributed by atoms with E-state index in [1.165, 1.54) is 12.1 Å². The summed E-state index contributed by atoms with van der Waals surface area (Å²) < 4.78 is 13.8. The molecule has 2 rings (SSSR count). The third-order valence-corrected chi connectivity index (χ3v) is 2.39. The fraction of sp³-hybridized carbons (Fsp3) is 0.0714. The van der Waals surface area contributed by atoms with Gasteiger partial charge in [-0.3, -0.25) is 4.79 Å². The topological polar surface area (TPSA) is 70.9 Å². The van der Waals surface area contributed by atoms with Crippen LogP contribution in [0.4, 0.5) is 10.1 Å². The number of H-pyrrole nitrogens is 1. The molecule has 0 aliphatic heterocycles. The molecule has 0 radical (unpaired) electrons. The van der Waals surface area contributed by atoms with E-state index in [1.807, 2.05) is 0 Å². The van der Waals surface area contributed by atoms with Crippen LogP contribution in [0.15, 0.2) is 36.5 Å². The van der Waals surface area contributed by atoms with E-state index in [1.54, 1.807) is 24.4 Å². The van der Waals surface area contributed by atoms with Gasteiger partial charge >= 0.3 is 0 Å². The fourth-order valence-electron chi connectivity index (χ4n) is 1.51. The molecule has 0 spiro atoms. The lowest BCUT2D eigenvalue weighted by Crippen LogP contribution is -2.13. The van der Waals surface area contributed by atoms with E-state index in [4.69, 9.17) is 5.73 Å². The van der Waals surface area contributed by atoms with Crippen molar-refractivity contribution in [3.8, 4) is 11.8 Å². The number of carbonyl (C=O) groups excluding carboxylic acids is 1. The number of amides is 1. The molecule has 0 saturated heterocycles. The molecule has 0 aliphatic rings. The van der Waals surface area contributed by atoms with Crippen molar-refractivity contribution in [2.75, 3.05) is 11.9 Å². The summed E-state index contributed by atoms with van der Waals surface area (Å²) >= 11 is 0. The molecule has 19 heavy (non-hydrogen) atoms. The van der Waals surface area contributed by atoms with Crippen LogP contribution in [0.3, 0.4) is 0 Å². The van der Waals surface area contributed by atoms with Gasteiger partial charge in [0.25, 0.3) is 5.91 Å². The van der Waals surface area contributed by atoms with Crippen LogP contribution < -0.4 is 11.1 Å². The summed E-state index contributed by atoms with van der Waals surface area (Å²) in [6, 6.07) is 7.64. The van der Waals surface area contributed by atoms with Crippen LogP contribution in [0.1, 0.15) is 16.1 Å². The van der Waals surface area contributed by atoms with Crippen molar-refractivity contribution in [3.63, 3.8) is 0 Å². The van der Waals surface area contributed by atoms with Gasteiger partial charge in [-0.1, -0.05) is 11.8 Å². The Morgan fingerprint density at radius 1 is 1.42 bits per heavy atom. The molecule has 0 atom stereocenters. The zero-order chi connectivity index (χ0) is 13.7. The number of anilines is 1. The quantitative estimate of drug-likeness (QED) is 0.717. The average Bonchev–Trinajstić information content (AvgIpc) is 2.93. The van der Waals surface area contributed by atoms with Gasteiger partial charge in [0.2, 0.25) is 0 Å². The third-order valence-electron chi connectivity index (χ3n) is 2.39. The predicted octanol–water partition coefficient (Wildman–Crippen LogP) is 1.72. The molecule has 5 heteroatoms. The van der Waals surface area contributed by atoms with Gasteiger partial charge < -0.3 is 16.0 Å². The van der Waals surface area contributed by atoms with Crippen LogP contribution in [0.25, 0.3) is 0 Å². The van der Waals surface area contributed by atoms with Gasteiger partial charge in [0.1, 0.15) is 11.5 Å². The number of aromatic nitrogens is 1. The highest BCUT2D eigenvalue weighted by Gasteiger charge is 2.09. The lowest BCUT2D eigenvalue weighted by molar-refractivity contribution is 0.102. The van der Waals surface area contributed by atoms with Gasteiger partial charge in [-0.15, -0.1) is 0 Å². The maximum absolute atomic E-state index is 13.8. The van der Waals surface area contributed by atoms with Gasteiger partial charge in [0.05, 0.1) is 12.2 Å². The van der Waals surface area contributed by atoms with Crippen LogP contribution in [0, 0.1) is 17.7 Å². The summed E-state index contributed by atoms with van der Waals surface area (Å²) in [5.74, 6) is 4.42. The molecule has 4 N–H and O–H groups in total. The summed E-state index contributed by atoms with van der Waals surface area (Å²) in [4.78, 5) is 14.5. The van der Waals surface area contributed by atoms with E-state index in [2.05, 4.69) is 22.1 Å². The first kappa shape index (κ1) is 12.9. The zero-order valence-corrected chi connectivity index (χ0v) is 10.0. The summed E-state index contributed by atoms with van der Waals surface area (Å²) in [6.45, 7) is 0.215. The van der Waals surface area contributed by atoms with Gasteiger partial charge in [0.15, 0.2) is 0 Å². The number of nitrogens with two attached hydrogens (primary N) is 1. The summed E-state index contributed by atoms with van der Waals surface area (Å²) in [7, 11) is 0. The van der Waals surface area contributed by atoms with Crippen molar-refractivity contribution in [1.82, 2.24) is 4.98 Å². The first-order chi connectivity index (χ1) is 9.20. The molecule has 0 fully saturated rings. The van der Waals surface area contributed by atoms with Crippen LogP contribution in [-0.2, 0) is 0 Å². The maximum Gasteiger partial charge on any atom is 0.272 e. The number of halogens is 1. The van der Waals surface area contributed by atoms with Gasteiger partial charge in [0, 0.05) is 11.8 Å². The molecule has 0 aliphatic carbocycles. The molecule has 96 valence electrons. The van der Waals surface area contributed by atoms with Crippen molar-refractivity contribution in [1.29, 1.82) is 0 Å². The molecule has 0 unspecified atom stereocenters. The maximum atomic E-state index is 13.8. The van der Waals surface area contributed by atoms with Crippen molar-refractivity contribution in [2.24, 2.45) is 5.73 Å². The van der Waals surface area contributed by atoms with E-state index in [9.17, 15) is 9.18 Å². The Morgan fingerprint density at radius 3 is 2.89 bits per heavy atom. The SMILES string of the molecule is NCC#Cc1ccc(NC(=O)c2ccc[nH]2)c(F)c1. The third kappa shape index (κ3) is 3.21. The van der Waals surface area contributed by atoms with E-state index in [0.29, 0.717) is 11.3 Å². The number of hydrogen-bond acceptors (Lipinski definition) is 2. The van der Waals surface area contributed by atoms with E-state index >= 15 is 0 Å². The van der Waals surface area contributed by atoms with Crippen LogP contribution in [0.5, 0.6) is 0 Å². The Labute approximate surface area is 109 Å². The molecule has 1 heterocycles. The standard InChI is InChI=1S/C14H12FN3O/c15-11-9-10(3-1-7-16)5-6-12(11)18-14(19)13-4-2-8-17-13/h2,4-6,8-9,17H,7,16H2,(H,18,19). The first-order valence-corrected chi connectivity index (χ1v) is 5.64. The molecule has 4 nitrogen and oxygen atoms in total. The minimum absolute atomic E-state index is 0.109. The zero-order valence-electron chi connectivity index (χ0n) is 10.0. The van der Waals surface area contributed by atoms with Gasteiger partial charge in [-0.25, -0.2) is 4.39 Å². The van der Waals surface area contributed by atoms with Gasteiger partial charge in [-0.05, 0) is 30.3 Å². The number of rotatable bonds is 2. The van der Waals surface area contributed by atoms with Crippen molar-refractivity contribution in [3.05, 3.63) is 53.6 Å². The second-order valence-electron chi connectivity index (χ2n) is 3.74. The Kier molecular flexibility index (Phi) is 3.96. The molecule has 1 amide bonds. The number of carbonyl (C=O) groups is 1. The molecular formula is C14H12FN3O. The largest absolute Gasteiger partial charge is 0.357 e. The smallest absolute Gasteiger partial charge is 0.272 e. The number of benzene rings is 1. The highest BCUT2D eigenvalue weighted by atomic mass is 19.1. The molecule has 0 saturated carbocycles. The molecule has 2 aromatic rings. The lowest BCUT2D eigenvalue weighted by Gasteiger charge is -2.05. The minimum atomic E-state index is -0.538. The summed E-state index contributed by atoms with van der Waals surface area (Å²) in [5, 5.41) is 2.48. The molecule has 0 bridgehead atoms. The van der Waals surface area contributed by atoms with Crippen LogP contribution >= 0.6 is 0 Å². The number of aromatic amines is 1. The van der Waals surface area contributed by atoms with Crippen molar-refractivity contribution < 1.29 is 9.18 Å². The predicted molar refractivity (Wildman–Crippen MR) is 71.1 cm³/mol. The average molecular weight is 257 g/mol. The number of nitrogens with one attached hydrogen (secondary N) is 2. The Balaban J connectivity index is 2.15. The molecule has 1 aromatic heterocycles.